The second kappa shape index (κ2) is 16.2. The van der Waals surface area contributed by atoms with E-state index in [2.05, 4.69) is 63.4 Å². The Kier molecular flexibility index (Phi) is 13.4. The van der Waals surface area contributed by atoms with Gasteiger partial charge in [0.15, 0.2) is 0 Å². The summed E-state index contributed by atoms with van der Waals surface area (Å²) >= 11 is 0. The van der Waals surface area contributed by atoms with Gasteiger partial charge in [0, 0.05) is 5.57 Å². The summed E-state index contributed by atoms with van der Waals surface area (Å²) in [7, 11) is -1.55. The third-order valence-electron chi connectivity index (χ3n) is 6.99. The number of rotatable bonds is 15. The maximum absolute atomic E-state index is 13.0. The molecule has 0 bridgehead atoms. The van der Waals surface area contributed by atoms with Gasteiger partial charge in [-0.15, -0.1) is 0 Å². The van der Waals surface area contributed by atoms with Gasteiger partial charge in [-0.25, -0.2) is 4.79 Å². The van der Waals surface area contributed by atoms with Crippen LogP contribution in [0.15, 0.2) is 84.5 Å². The minimum Gasteiger partial charge on any atom is -0.467 e. The number of nitrogens with one attached hydrogen (secondary N) is 1. The summed E-state index contributed by atoms with van der Waals surface area (Å²) in [6, 6.07) is 19.5. The van der Waals surface area contributed by atoms with Crippen LogP contribution in [0.5, 0.6) is 0 Å². The average Bonchev–Trinajstić information content (AvgIpc) is 2.93. The van der Waals surface area contributed by atoms with E-state index in [0.717, 1.165) is 23.2 Å². The molecule has 2 aromatic rings. The van der Waals surface area contributed by atoms with E-state index >= 15 is 0 Å². The summed E-state index contributed by atoms with van der Waals surface area (Å²) in [6.07, 6.45) is 13.0. The maximum atomic E-state index is 13.0. The minimum absolute atomic E-state index is 0.00652. The van der Waals surface area contributed by atoms with Crippen molar-refractivity contribution in [1.29, 1.82) is 0 Å². The molecular formula is C33H47NO4Si. The van der Waals surface area contributed by atoms with Gasteiger partial charge < -0.3 is 14.5 Å². The number of allylic oxidation sites excluding steroid dienone is 3. The largest absolute Gasteiger partial charge is 0.467 e. The Hall–Kier alpha value is -2.96. The van der Waals surface area contributed by atoms with Gasteiger partial charge in [0.2, 0.25) is 5.91 Å². The van der Waals surface area contributed by atoms with Crippen LogP contribution < -0.4 is 15.7 Å². The second-order valence-electron chi connectivity index (χ2n) is 11.0. The molecule has 2 aromatic carbocycles. The smallest absolute Gasteiger partial charge is 0.330 e. The molecule has 39 heavy (non-hydrogen) atoms. The Bertz CT molecular complexity index is 1030. The molecule has 0 heterocycles. The highest BCUT2D eigenvalue weighted by Crippen LogP contribution is 2.36. The molecule has 0 aliphatic carbocycles. The molecule has 0 fully saturated rings. The van der Waals surface area contributed by atoms with Gasteiger partial charge in [-0.1, -0.05) is 132 Å². The molecule has 0 aliphatic heterocycles. The van der Waals surface area contributed by atoms with E-state index in [1.807, 2.05) is 42.5 Å². The third-order valence-corrected chi connectivity index (χ3v) is 12.0. The Morgan fingerprint density at radius 2 is 1.49 bits per heavy atom. The van der Waals surface area contributed by atoms with Crippen molar-refractivity contribution in [3.8, 4) is 0 Å². The van der Waals surface area contributed by atoms with Crippen LogP contribution in [0.3, 0.4) is 0 Å². The molecule has 0 aromatic heterocycles. The molecule has 0 aliphatic rings. The number of carbonyl (C=O) groups excluding carboxylic acids is 2. The predicted molar refractivity (Wildman–Crippen MR) is 164 cm³/mol. The fourth-order valence-corrected chi connectivity index (χ4v) is 9.38. The van der Waals surface area contributed by atoms with Crippen LogP contribution in [0.4, 0.5) is 0 Å². The first-order chi connectivity index (χ1) is 18.7. The average molecular weight is 550 g/mol. The Balaban J connectivity index is 2.23. The zero-order valence-corrected chi connectivity index (χ0v) is 25.7. The molecule has 1 atom stereocenters. The Morgan fingerprint density at radius 3 is 2.00 bits per heavy atom. The standard InChI is InChI=1S/C33H47NO4Si/c1-7-8-9-10-11-12-13-16-21-27(2)31(35)34-30(32(36)37-6)26-38-39(33(3,4)5,28-22-17-14-18-23-28)29-24-19-15-20-25-29/h13-25,30H,7-12,26H2,1-6H3,(H,34,35)/b16-13-,27-21+. The van der Waals surface area contributed by atoms with E-state index in [1.54, 1.807) is 13.0 Å². The van der Waals surface area contributed by atoms with Gasteiger partial charge in [0.25, 0.3) is 8.32 Å². The van der Waals surface area contributed by atoms with Gasteiger partial charge in [-0.2, -0.15) is 0 Å². The quantitative estimate of drug-likeness (QED) is 0.0961. The SMILES string of the molecule is CCCCCCC/C=C\C=C(/C)C(=O)NC(CO[Si](c1ccccc1)(c1ccccc1)C(C)(C)C)C(=O)OC. The van der Waals surface area contributed by atoms with Gasteiger partial charge in [0.1, 0.15) is 6.04 Å². The fourth-order valence-electron chi connectivity index (χ4n) is 4.80. The molecule has 212 valence electrons. The molecule has 1 N–H and O–H groups in total. The van der Waals surface area contributed by atoms with Crippen molar-refractivity contribution >= 4 is 30.6 Å². The highest BCUT2D eigenvalue weighted by molar-refractivity contribution is 6.99. The predicted octanol–water partition coefficient (Wildman–Crippen LogP) is 6.08. The van der Waals surface area contributed by atoms with E-state index in [-0.39, 0.29) is 17.6 Å². The fraction of sp³-hybridized carbons (Fsp3) is 0.455. The van der Waals surface area contributed by atoms with Crippen molar-refractivity contribution in [2.24, 2.45) is 0 Å². The molecule has 6 heteroatoms. The normalized spacial score (nSPS) is 13.3. The molecule has 1 unspecified atom stereocenters. The van der Waals surface area contributed by atoms with Crippen molar-refractivity contribution in [1.82, 2.24) is 5.32 Å². The number of amides is 1. The summed E-state index contributed by atoms with van der Waals surface area (Å²) in [5.74, 6) is -0.847. The van der Waals surface area contributed by atoms with Crippen LogP contribution in [0.2, 0.25) is 5.04 Å². The van der Waals surface area contributed by atoms with Crippen molar-refractivity contribution in [3.63, 3.8) is 0 Å². The summed E-state index contributed by atoms with van der Waals surface area (Å²) in [4.78, 5) is 25.8. The van der Waals surface area contributed by atoms with Crippen molar-refractivity contribution in [3.05, 3.63) is 84.5 Å². The lowest BCUT2D eigenvalue weighted by atomic mass is 10.1. The van der Waals surface area contributed by atoms with E-state index in [4.69, 9.17) is 9.16 Å². The molecule has 1 amide bonds. The summed E-state index contributed by atoms with van der Waals surface area (Å²) < 4.78 is 11.9. The van der Waals surface area contributed by atoms with Crippen LogP contribution in [-0.2, 0) is 18.8 Å². The van der Waals surface area contributed by atoms with Gasteiger partial charge in [-0.3, -0.25) is 4.79 Å². The number of hydrogen-bond acceptors (Lipinski definition) is 4. The van der Waals surface area contributed by atoms with E-state index < -0.39 is 20.3 Å². The van der Waals surface area contributed by atoms with Crippen LogP contribution in [0.1, 0.15) is 73.1 Å². The zero-order chi connectivity index (χ0) is 28.7. The molecule has 0 radical (unpaired) electrons. The first-order valence-electron chi connectivity index (χ1n) is 14.1. The van der Waals surface area contributed by atoms with Crippen molar-refractivity contribution < 1.29 is 18.8 Å². The highest BCUT2D eigenvalue weighted by atomic mass is 28.4. The lowest BCUT2D eigenvalue weighted by Gasteiger charge is -2.43. The monoisotopic (exact) mass is 549 g/mol. The first-order valence-corrected chi connectivity index (χ1v) is 16.0. The molecule has 0 saturated heterocycles. The lowest BCUT2D eigenvalue weighted by Crippen LogP contribution is -2.67. The molecule has 0 saturated carbocycles. The topological polar surface area (TPSA) is 64.6 Å². The van der Waals surface area contributed by atoms with Gasteiger partial charge >= 0.3 is 5.97 Å². The van der Waals surface area contributed by atoms with Crippen LogP contribution in [0, 0.1) is 0 Å². The third kappa shape index (κ3) is 9.33. The zero-order valence-electron chi connectivity index (χ0n) is 24.7. The summed E-state index contributed by atoms with van der Waals surface area (Å²) in [5, 5.41) is 4.81. The molecule has 0 spiro atoms. The number of benzene rings is 2. The lowest BCUT2D eigenvalue weighted by molar-refractivity contribution is -0.145. The van der Waals surface area contributed by atoms with Gasteiger partial charge in [0.05, 0.1) is 13.7 Å². The Labute approximate surface area is 236 Å². The van der Waals surface area contributed by atoms with E-state index in [1.165, 1.54) is 32.8 Å². The van der Waals surface area contributed by atoms with Crippen molar-refractivity contribution in [2.75, 3.05) is 13.7 Å². The minimum atomic E-state index is -2.88. The number of hydrogen-bond donors (Lipinski definition) is 1. The highest BCUT2D eigenvalue weighted by Gasteiger charge is 2.50. The first kappa shape index (κ1) is 32.2. The number of esters is 1. The molecular weight excluding hydrogens is 502 g/mol. The number of unbranched alkanes of at least 4 members (excludes halogenated alkanes) is 5. The van der Waals surface area contributed by atoms with E-state index in [0.29, 0.717) is 5.57 Å². The summed E-state index contributed by atoms with van der Waals surface area (Å²) in [6.45, 7) is 10.5. The summed E-state index contributed by atoms with van der Waals surface area (Å²) in [5.41, 5.74) is 0.525. The number of ether oxygens (including phenoxy) is 1. The molecule has 5 nitrogen and oxygen atoms in total. The van der Waals surface area contributed by atoms with Crippen LogP contribution >= 0.6 is 0 Å². The Morgan fingerprint density at radius 1 is 0.923 bits per heavy atom. The maximum Gasteiger partial charge on any atom is 0.330 e. The van der Waals surface area contributed by atoms with Crippen molar-refractivity contribution in [2.45, 2.75) is 84.2 Å². The molecule has 2 rings (SSSR count). The van der Waals surface area contributed by atoms with Crippen LogP contribution in [0.25, 0.3) is 0 Å². The number of carbonyl (C=O) groups is 2. The van der Waals surface area contributed by atoms with E-state index in [9.17, 15) is 9.59 Å². The van der Waals surface area contributed by atoms with Gasteiger partial charge in [-0.05, 0) is 35.2 Å². The second-order valence-corrected chi connectivity index (χ2v) is 15.3. The van der Waals surface area contributed by atoms with Crippen LogP contribution in [-0.4, -0.2) is 40.0 Å². The number of methoxy groups -OCH3 is 1.